The minimum atomic E-state index is -0.0621. The first-order valence-electron chi connectivity index (χ1n) is 11.1. The zero-order valence-corrected chi connectivity index (χ0v) is 20.3. The summed E-state index contributed by atoms with van der Waals surface area (Å²) in [5, 5.41) is 11.8. The molecule has 0 saturated carbocycles. The van der Waals surface area contributed by atoms with Crippen LogP contribution in [-0.4, -0.2) is 49.2 Å². The number of fused-ring (bicyclic) bond motifs is 1. The molecule has 4 heterocycles. The Labute approximate surface area is 200 Å². The zero-order chi connectivity index (χ0) is 22.8. The molecular weight excluding hydrogens is 456 g/mol. The van der Waals surface area contributed by atoms with Crippen LogP contribution in [0.5, 0.6) is 5.75 Å². The molecule has 0 spiro atoms. The second-order valence-electron chi connectivity index (χ2n) is 8.08. The van der Waals surface area contributed by atoms with E-state index >= 15 is 0 Å². The van der Waals surface area contributed by atoms with Gasteiger partial charge in [0.05, 0.1) is 18.8 Å². The van der Waals surface area contributed by atoms with Crippen LogP contribution in [0, 0.1) is 0 Å². The minimum absolute atomic E-state index is 0.0621. The van der Waals surface area contributed by atoms with Gasteiger partial charge in [-0.2, -0.15) is 0 Å². The molecule has 0 bridgehead atoms. The topological polar surface area (TPSA) is 77.5 Å². The van der Waals surface area contributed by atoms with Gasteiger partial charge in [-0.25, -0.2) is 4.98 Å². The molecule has 1 atom stereocenters. The summed E-state index contributed by atoms with van der Waals surface area (Å²) in [7, 11) is 1.67. The molecule has 0 radical (unpaired) electrons. The quantitative estimate of drug-likeness (QED) is 0.366. The zero-order valence-electron chi connectivity index (χ0n) is 18.7. The van der Waals surface area contributed by atoms with Gasteiger partial charge in [-0.3, -0.25) is 18.7 Å². The molecular formula is C23H26N6O2S2. The third-order valence-electron chi connectivity index (χ3n) is 6.01. The number of thioether (sulfide) groups is 1. The smallest absolute Gasteiger partial charge is 0.258 e. The molecule has 4 aromatic rings. The Kier molecular flexibility index (Phi) is 6.48. The SMILES string of the molecule is COc1ccc(-n2c(SCc3cc(=O)n4ccsc4n3)nnc2C(C)N2CCCCC2)cc1. The Morgan fingerprint density at radius 1 is 1.15 bits per heavy atom. The third-order valence-corrected chi connectivity index (χ3v) is 7.73. The van der Waals surface area contributed by atoms with Crippen LogP contribution in [0.1, 0.15) is 43.7 Å². The molecule has 8 nitrogen and oxygen atoms in total. The van der Waals surface area contributed by atoms with Gasteiger partial charge in [-0.05, 0) is 57.1 Å². The van der Waals surface area contributed by atoms with Gasteiger partial charge in [0.15, 0.2) is 15.9 Å². The van der Waals surface area contributed by atoms with E-state index in [1.807, 2.05) is 29.6 Å². The van der Waals surface area contributed by atoms with Crippen LogP contribution in [0.25, 0.3) is 10.6 Å². The third kappa shape index (κ3) is 4.55. The summed E-state index contributed by atoms with van der Waals surface area (Å²) in [5.74, 6) is 2.27. The van der Waals surface area contributed by atoms with Crippen LogP contribution >= 0.6 is 23.1 Å². The lowest BCUT2D eigenvalue weighted by Crippen LogP contribution is -2.33. The van der Waals surface area contributed by atoms with Crippen LogP contribution in [0.3, 0.4) is 0 Å². The molecule has 3 aromatic heterocycles. The highest BCUT2D eigenvalue weighted by atomic mass is 32.2. The maximum atomic E-state index is 12.4. The summed E-state index contributed by atoms with van der Waals surface area (Å²) in [4.78, 5) is 20.2. The van der Waals surface area contributed by atoms with E-state index in [2.05, 4.69) is 31.6 Å². The van der Waals surface area contributed by atoms with Crippen molar-refractivity contribution in [3.63, 3.8) is 0 Å². The van der Waals surface area contributed by atoms with Gasteiger partial charge in [0.1, 0.15) is 5.75 Å². The highest BCUT2D eigenvalue weighted by Crippen LogP contribution is 2.31. The standard InChI is InChI=1S/C23H26N6O2S2/c1-16(27-10-4-3-5-11-27)21-25-26-23(29(21)18-6-8-19(31-2)9-7-18)33-15-17-14-20(30)28-12-13-32-22(28)24-17/h6-9,12-14,16H,3-5,10-11,15H2,1-2H3. The van der Waals surface area contributed by atoms with E-state index in [1.165, 1.54) is 30.6 Å². The van der Waals surface area contributed by atoms with Gasteiger partial charge < -0.3 is 4.74 Å². The first kappa shape index (κ1) is 22.1. The molecule has 5 rings (SSSR count). The molecule has 1 aliphatic heterocycles. The normalized spacial score (nSPS) is 15.7. The van der Waals surface area contributed by atoms with Gasteiger partial charge in [0.2, 0.25) is 0 Å². The van der Waals surface area contributed by atoms with Crippen molar-refractivity contribution in [3.8, 4) is 11.4 Å². The Morgan fingerprint density at radius 3 is 2.70 bits per heavy atom. The first-order valence-corrected chi connectivity index (χ1v) is 12.9. The molecule has 1 saturated heterocycles. The van der Waals surface area contributed by atoms with E-state index in [0.29, 0.717) is 10.7 Å². The summed E-state index contributed by atoms with van der Waals surface area (Å²) in [6.07, 6.45) is 5.47. The Balaban J connectivity index is 1.47. The number of piperidine rings is 1. The maximum absolute atomic E-state index is 12.4. The Bertz CT molecular complexity index is 1290. The average molecular weight is 483 g/mol. The molecule has 0 N–H and O–H groups in total. The molecule has 1 unspecified atom stereocenters. The molecule has 1 fully saturated rings. The number of ether oxygens (including phenoxy) is 1. The van der Waals surface area contributed by atoms with Crippen molar-refractivity contribution in [1.82, 2.24) is 29.0 Å². The number of methoxy groups -OCH3 is 1. The van der Waals surface area contributed by atoms with Gasteiger partial charge in [-0.15, -0.1) is 21.5 Å². The van der Waals surface area contributed by atoms with Crippen LogP contribution in [-0.2, 0) is 5.75 Å². The van der Waals surface area contributed by atoms with Crippen LogP contribution < -0.4 is 10.3 Å². The summed E-state index contributed by atoms with van der Waals surface area (Å²) >= 11 is 3.00. The number of likely N-dealkylation sites (tertiary alicyclic amines) is 1. The molecule has 1 aliphatic rings. The number of thiazole rings is 1. The number of rotatable bonds is 7. The number of hydrogen-bond donors (Lipinski definition) is 0. The fourth-order valence-corrected chi connectivity index (χ4v) is 5.78. The fourth-order valence-electron chi connectivity index (χ4n) is 4.19. The number of nitrogens with zero attached hydrogens (tertiary/aromatic N) is 6. The number of benzene rings is 1. The molecule has 0 amide bonds. The van der Waals surface area contributed by atoms with E-state index in [1.54, 1.807) is 35.5 Å². The van der Waals surface area contributed by atoms with E-state index < -0.39 is 0 Å². The van der Waals surface area contributed by atoms with Crippen LogP contribution in [0.2, 0.25) is 0 Å². The highest BCUT2D eigenvalue weighted by molar-refractivity contribution is 7.98. The predicted molar refractivity (Wildman–Crippen MR) is 131 cm³/mol. The van der Waals surface area contributed by atoms with Gasteiger partial charge in [-0.1, -0.05) is 18.2 Å². The van der Waals surface area contributed by atoms with Crippen LogP contribution in [0.4, 0.5) is 0 Å². The highest BCUT2D eigenvalue weighted by Gasteiger charge is 2.25. The van der Waals surface area contributed by atoms with E-state index in [-0.39, 0.29) is 11.6 Å². The monoisotopic (exact) mass is 482 g/mol. The van der Waals surface area contributed by atoms with Crippen LogP contribution in [0.15, 0.2) is 51.9 Å². The van der Waals surface area contributed by atoms with Gasteiger partial charge in [0, 0.05) is 29.1 Å². The van der Waals surface area contributed by atoms with Crippen molar-refractivity contribution >= 4 is 28.1 Å². The van der Waals surface area contributed by atoms with Gasteiger partial charge in [0.25, 0.3) is 5.56 Å². The average Bonchev–Trinajstić information content (AvgIpc) is 3.50. The van der Waals surface area contributed by atoms with E-state index in [4.69, 9.17) is 4.74 Å². The molecule has 1 aromatic carbocycles. The second kappa shape index (κ2) is 9.66. The molecule has 33 heavy (non-hydrogen) atoms. The summed E-state index contributed by atoms with van der Waals surface area (Å²) in [6.45, 7) is 4.36. The fraction of sp³-hybridized carbons (Fsp3) is 0.391. The Morgan fingerprint density at radius 2 is 1.94 bits per heavy atom. The number of hydrogen-bond acceptors (Lipinski definition) is 8. The summed E-state index contributed by atoms with van der Waals surface area (Å²) < 4.78 is 9.03. The van der Waals surface area contributed by atoms with Crippen molar-refractivity contribution in [1.29, 1.82) is 0 Å². The lowest BCUT2D eigenvalue weighted by molar-refractivity contribution is 0.167. The van der Waals surface area contributed by atoms with E-state index in [9.17, 15) is 4.79 Å². The van der Waals surface area contributed by atoms with Crippen molar-refractivity contribution in [2.75, 3.05) is 20.2 Å². The van der Waals surface area contributed by atoms with Crippen molar-refractivity contribution in [2.45, 2.75) is 43.1 Å². The molecule has 0 aliphatic carbocycles. The van der Waals surface area contributed by atoms with Crippen molar-refractivity contribution < 1.29 is 4.74 Å². The summed E-state index contributed by atoms with van der Waals surface area (Å²) in [5.41, 5.74) is 1.67. The Hall–Kier alpha value is -2.69. The summed E-state index contributed by atoms with van der Waals surface area (Å²) in [6, 6.07) is 9.71. The largest absolute Gasteiger partial charge is 0.497 e. The van der Waals surface area contributed by atoms with Crippen molar-refractivity contribution in [2.24, 2.45) is 0 Å². The lowest BCUT2D eigenvalue weighted by atomic mass is 10.1. The first-order chi connectivity index (χ1) is 16.1. The van der Waals surface area contributed by atoms with Crippen molar-refractivity contribution in [3.05, 3.63) is 63.8 Å². The predicted octanol–water partition coefficient (Wildman–Crippen LogP) is 4.18. The minimum Gasteiger partial charge on any atom is -0.497 e. The molecule has 10 heteroatoms. The maximum Gasteiger partial charge on any atom is 0.258 e. The lowest BCUT2D eigenvalue weighted by Gasteiger charge is -2.31. The second-order valence-corrected chi connectivity index (χ2v) is 9.89. The van der Waals surface area contributed by atoms with E-state index in [0.717, 1.165) is 41.2 Å². The van der Waals surface area contributed by atoms with Gasteiger partial charge >= 0.3 is 0 Å². The number of aromatic nitrogens is 5. The molecule has 172 valence electrons.